The zero-order valence-corrected chi connectivity index (χ0v) is 9.22. The summed E-state index contributed by atoms with van der Waals surface area (Å²) in [5.74, 6) is -3.24. The number of rotatable bonds is 2. The van der Waals surface area contributed by atoms with E-state index in [1.54, 1.807) is 0 Å². The Bertz CT molecular complexity index is 469. The Morgan fingerprint density at radius 3 is 2.94 bits per heavy atom. The maximum atomic E-state index is 13.5. The maximum absolute atomic E-state index is 13.5. The first-order chi connectivity index (χ1) is 8.40. The van der Waals surface area contributed by atoms with Crippen LogP contribution in [0.1, 0.15) is 0 Å². The fourth-order valence-electron chi connectivity index (χ4n) is 1.68. The number of carbonyl (C=O) groups is 1. The molecule has 1 fully saturated rings. The average Bonchev–Trinajstić information content (AvgIpc) is 2.58. The molecule has 0 spiro atoms. The Balaban J connectivity index is 2.14. The van der Waals surface area contributed by atoms with Gasteiger partial charge in [-0.3, -0.25) is 4.90 Å². The Labute approximate surface area is 101 Å². The summed E-state index contributed by atoms with van der Waals surface area (Å²) in [6.07, 6.45) is -1.56. The maximum Gasteiger partial charge on any atom is 0.407 e. The lowest BCUT2D eigenvalue weighted by Gasteiger charge is -2.19. The molecule has 1 amide bonds. The van der Waals surface area contributed by atoms with Crippen molar-refractivity contribution in [3.05, 3.63) is 18.3 Å². The molecule has 0 radical (unpaired) electrons. The first kappa shape index (κ1) is 12.3. The van der Waals surface area contributed by atoms with Crippen molar-refractivity contribution in [2.75, 3.05) is 18.8 Å². The Hall–Kier alpha value is -2.12. The summed E-state index contributed by atoms with van der Waals surface area (Å²) < 4.78 is 32.2. The van der Waals surface area contributed by atoms with Gasteiger partial charge in [-0.25, -0.2) is 18.6 Å². The van der Waals surface area contributed by atoms with Crippen LogP contribution in [0, 0.1) is 0 Å². The number of nitrogens with zero attached hydrogens (tertiary/aromatic N) is 2. The smallest absolute Gasteiger partial charge is 0.407 e. The standard InChI is InChI=1S/C10H11F2N3O3/c11-10(12)5-15(9(16)17)4-7(10)18-6-2-1-3-14-8(6)13/h1-3,7H,4-5H2,(H2,13,14)(H,16,17)/t7-/m0/s1. The van der Waals surface area contributed by atoms with Crippen molar-refractivity contribution in [2.24, 2.45) is 0 Å². The molecular weight excluding hydrogens is 248 g/mol. The Morgan fingerprint density at radius 1 is 1.67 bits per heavy atom. The number of nitrogen functional groups attached to an aromatic ring is 1. The van der Waals surface area contributed by atoms with Crippen LogP contribution in [0.25, 0.3) is 0 Å². The molecule has 0 bridgehead atoms. The van der Waals surface area contributed by atoms with Gasteiger partial charge >= 0.3 is 12.0 Å². The van der Waals surface area contributed by atoms with Gasteiger partial charge in [0.2, 0.25) is 0 Å². The number of ether oxygens (including phenoxy) is 1. The third-order valence-corrected chi connectivity index (χ3v) is 2.60. The molecule has 0 aliphatic carbocycles. The number of anilines is 1. The molecule has 2 rings (SSSR count). The topological polar surface area (TPSA) is 88.7 Å². The molecule has 98 valence electrons. The van der Waals surface area contributed by atoms with E-state index < -0.39 is 31.2 Å². The van der Waals surface area contributed by atoms with Crippen molar-refractivity contribution in [3.63, 3.8) is 0 Å². The Morgan fingerprint density at radius 2 is 2.39 bits per heavy atom. The number of pyridine rings is 1. The molecule has 1 aliphatic heterocycles. The van der Waals surface area contributed by atoms with Gasteiger partial charge in [0.1, 0.15) is 0 Å². The van der Waals surface area contributed by atoms with E-state index in [2.05, 4.69) is 4.98 Å². The number of hydrogen-bond donors (Lipinski definition) is 2. The highest BCUT2D eigenvalue weighted by atomic mass is 19.3. The summed E-state index contributed by atoms with van der Waals surface area (Å²) in [6.45, 7) is -1.29. The molecule has 0 aromatic carbocycles. The zero-order valence-electron chi connectivity index (χ0n) is 9.22. The van der Waals surface area contributed by atoms with E-state index in [1.807, 2.05) is 0 Å². The molecule has 1 aromatic heterocycles. The second-order valence-electron chi connectivity index (χ2n) is 3.92. The first-order valence-electron chi connectivity index (χ1n) is 5.13. The summed E-state index contributed by atoms with van der Waals surface area (Å²) in [5, 5.41) is 8.68. The highest BCUT2D eigenvalue weighted by molar-refractivity contribution is 5.65. The SMILES string of the molecule is Nc1ncccc1O[C@H]1CN(C(=O)O)CC1(F)F. The fraction of sp³-hybridized carbons (Fsp3) is 0.400. The molecule has 1 saturated heterocycles. The van der Waals surface area contributed by atoms with E-state index >= 15 is 0 Å². The van der Waals surface area contributed by atoms with E-state index in [0.29, 0.717) is 4.90 Å². The van der Waals surface area contributed by atoms with Gasteiger partial charge in [-0.2, -0.15) is 0 Å². The monoisotopic (exact) mass is 259 g/mol. The molecule has 8 heteroatoms. The van der Waals surface area contributed by atoms with Crippen molar-refractivity contribution >= 4 is 11.9 Å². The molecule has 0 saturated carbocycles. The molecule has 6 nitrogen and oxygen atoms in total. The summed E-state index contributed by atoms with van der Waals surface area (Å²) in [6, 6.07) is 2.90. The van der Waals surface area contributed by atoms with Gasteiger partial charge in [-0.05, 0) is 12.1 Å². The Kier molecular flexibility index (Phi) is 2.93. The molecule has 18 heavy (non-hydrogen) atoms. The minimum Gasteiger partial charge on any atom is -0.478 e. The van der Waals surface area contributed by atoms with Crippen LogP contribution >= 0.6 is 0 Å². The van der Waals surface area contributed by atoms with Crippen molar-refractivity contribution in [3.8, 4) is 5.75 Å². The summed E-state index contributed by atoms with van der Waals surface area (Å²) in [4.78, 5) is 15.0. The van der Waals surface area contributed by atoms with Crippen molar-refractivity contribution in [1.29, 1.82) is 0 Å². The predicted molar refractivity (Wildman–Crippen MR) is 57.6 cm³/mol. The number of carboxylic acid groups (broad SMARTS) is 1. The third-order valence-electron chi connectivity index (χ3n) is 2.60. The van der Waals surface area contributed by atoms with E-state index in [1.165, 1.54) is 18.3 Å². The molecule has 1 atom stereocenters. The number of likely N-dealkylation sites (tertiary alicyclic amines) is 1. The third kappa shape index (κ3) is 2.27. The molecule has 1 aliphatic rings. The van der Waals surface area contributed by atoms with E-state index in [9.17, 15) is 13.6 Å². The summed E-state index contributed by atoms with van der Waals surface area (Å²) >= 11 is 0. The highest BCUT2D eigenvalue weighted by Crippen LogP contribution is 2.32. The fourth-order valence-corrected chi connectivity index (χ4v) is 1.68. The number of amides is 1. The van der Waals surface area contributed by atoms with Gasteiger partial charge in [-0.1, -0.05) is 0 Å². The second-order valence-corrected chi connectivity index (χ2v) is 3.92. The zero-order chi connectivity index (χ0) is 13.3. The minimum atomic E-state index is -3.25. The summed E-state index contributed by atoms with van der Waals surface area (Å²) in [7, 11) is 0. The van der Waals surface area contributed by atoms with Crippen LogP contribution < -0.4 is 10.5 Å². The predicted octanol–water partition coefficient (Wildman–Crippen LogP) is 1.04. The van der Waals surface area contributed by atoms with Crippen LogP contribution in [0.5, 0.6) is 5.75 Å². The molecule has 3 N–H and O–H groups in total. The van der Waals surface area contributed by atoms with Crippen molar-refractivity contribution in [2.45, 2.75) is 12.0 Å². The number of alkyl halides is 2. The van der Waals surface area contributed by atoms with E-state index in [0.717, 1.165) is 0 Å². The number of nitrogens with two attached hydrogens (primary N) is 1. The quantitative estimate of drug-likeness (QED) is 0.828. The number of halogens is 2. The van der Waals surface area contributed by atoms with Crippen LogP contribution in [-0.4, -0.2) is 46.2 Å². The lowest BCUT2D eigenvalue weighted by Crippen LogP contribution is -2.36. The van der Waals surface area contributed by atoms with Gasteiger partial charge in [0, 0.05) is 6.20 Å². The van der Waals surface area contributed by atoms with E-state index in [-0.39, 0.29) is 11.6 Å². The summed E-state index contributed by atoms with van der Waals surface area (Å²) in [5.41, 5.74) is 5.47. The van der Waals surface area contributed by atoms with Crippen LogP contribution in [-0.2, 0) is 0 Å². The average molecular weight is 259 g/mol. The van der Waals surface area contributed by atoms with E-state index in [4.69, 9.17) is 15.6 Å². The largest absolute Gasteiger partial charge is 0.478 e. The minimum absolute atomic E-state index is 0.0120. The van der Waals surface area contributed by atoms with Gasteiger partial charge in [0.25, 0.3) is 0 Å². The number of hydrogen-bond acceptors (Lipinski definition) is 4. The lowest BCUT2D eigenvalue weighted by atomic mass is 10.2. The normalized spacial score (nSPS) is 21.9. The van der Waals surface area contributed by atoms with Crippen LogP contribution in [0.15, 0.2) is 18.3 Å². The molecule has 1 aromatic rings. The van der Waals surface area contributed by atoms with Gasteiger partial charge < -0.3 is 15.6 Å². The van der Waals surface area contributed by atoms with Crippen molar-refractivity contribution in [1.82, 2.24) is 9.88 Å². The lowest BCUT2D eigenvalue weighted by molar-refractivity contribution is -0.0614. The molecular formula is C10H11F2N3O3. The van der Waals surface area contributed by atoms with Gasteiger partial charge in [0.05, 0.1) is 13.1 Å². The van der Waals surface area contributed by atoms with Gasteiger partial charge in [0.15, 0.2) is 17.7 Å². The molecule has 0 unspecified atom stereocenters. The number of aromatic nitrogens is 1. The second kappa shape index (κ2) is 4.28. The van der Waals surface area contributed by atoms with Crippen LogP contribution in [0.4, 0.5) is 19.4 Å². The van der Waals surface area contributed by atoms with Crippen LogP contribution in [0.2, 0.25) is 0 Å². The first-order valence-corrected chi connectivity index (χ1v) is 5.13. The van der Waals surface area contributed by atoms with Crippen LogP contribution in [0.3, 0.4) is 0 Å². The molecule has 2 heterocycles. The highest BCUT2D eigenvalue weighted by Gasteiger charge is 2.51. The van der Waals surface area contributed by atoms with Gasteiger partial charge in [-0.15, -0.1) is 0 Å². The van der Waals surface area contributed by atoms with Crippen molar-refractivity contribution < 1.29 is 23.4 Å².